The summed E-state index contributed by atoms with van der Waals surface area (Å²) < 4.78 is 0. The lowest BCUT2D eigenvalue weighted by molar-refractivity contribution is 2.29. The van der Waals surface area contributed by atoms with Gasteiger partial charge in [0.2, 0.25) is 0 Å². The second-order valence-electron chi connectivity index (χ2n) is 0.785. The smallest absolute Gasteiger partial charge is 0.0970 e. The van der Waals surface area contributed by atoms with E-state index < -0.39 is 0 Å². The van der Waals surface area contributed by atoms with Gasteiger partial charge in [0.1, 0.15) is 0 Å². The summed E-state index contributed by atoms with van der Waals surface area (Å²) in [7, 11) is -0.148. The fraction of sp³-hybridized carbons (Fsp3) is 1.00. The molecule has 0 aliphatic heterocycles. The molecule has 5 heavy (non-hydrogen) atoms. The first kappa shape index (κ1) is 9.54. The van der Waals surface area contributed by atoms with E-state index >= 15 is 0 Å². The highest BCUT2D eigenvalue weighted by atomic mass is 35.7. The van der Waals surface area contributed by atoms with E-state index in [9.17, 15) is 0 Å². The lowest BCUT2D eigenvalue weighted by atomic mass is 11.9. The van der Waals surface area contributed by atoms with Crippen LogP contribution < -0.4 is 0 Å². The average Bonchev–Trinajstić information content (AvgIpc) is 0.811. The molecule has 0 aliphatic carbocycles. The molecule has 3 heteroatoms. The number of rotatable bonds is 0. The van der Waals surface area contributed by atoms with Crippen LogP contribution in [0.25, 0.3) is 0 Å². The molecule has 0 saturated heterocycles. The van der Waals surface area contributed by atoms with Crippen molar-refractivity contribution in [3.8, 4) is 0 Å². The van der Waals surface area contributed by atoms with Crippen LogP contribution in [0.1, 0.15) is 0 Å². The molecule has 0 aromatic heterocycles. The highest BCUT2D eigenvalue weighted by molar-refractivity contribution is 7.82. The number of halogens is 1. The van der Waals surface area contributed by atoms with Crippen LogP contribution in [-0.4, -0.2) is 30.7 Å². The largest absolute Gasteiger partial charge is 0.187 e. The van der Waals surface area contributed by atoms with Crippen LogP contribution in [0, 0.1) is 0 Å². The second kappa shape index (κ2) is 5.25. The Kier molecular flexibility index (Phi) is 10.0. The van der Waals surface area contributed by atoms with Gasteiger partial charge in [-0.05, 0) is 20.6 Å². The van der Waals surface area contributed by atoms with Gasteiger partial charge in [-0.2, -0.15) is 0 Å². The summed E-state index contributed by atoms with van der Waals surface area (Å²) in [6, 6.07) is 0. The van der Waals surface area contributed by atoms with Crippen molar-refractivity contribution < 1.29 is 0 Å². The van der Waals surface area contributed by atoms with Crippen LogP contribution in [0.3, 0.4) is 0 Å². The van der Waals surface area contributed by atoms with Gasteiger partial charge in [-0.15, -0.1) is 0 Å². The van der Waals surface area contributed by atoms with Crippen LogP contribution in [-0.2, 0) is 0 Å². The molecule has 0 heterocycles. The van der Waals surface area contributed by atoms with Crippen LogP contribution >= 0.6 is 18.5 Å². The molecule has 0 unspecified atom stereocenters. The normalized spacial score (nSPS) is 7.20. The third-order valence-corrected chi connectivity index (χ3v) is 0. The molecular weight excluding hydrogens is 117 g/mol. The van der Waals surface area contributed by atoms with Gasteiger partial charge in [0.05, 0.1) is 0 Å². The third-order valence-electron chi connectivity index (χ3n) is 0. The van der Waals surface area contributed by atoms with Crippen molar-refractivity contribution >= 4 is 35.9 Å². The molecule has 0 N–H and O–H groups in total. The Morgan fingerprint density at radius 3 is 1.40 bits per heavy atom. The Hall–Kier alpha value is 1.25. The monoisotopic (exact) mass is 126 g/mol. The maximum atomic E-state index is 5.34. The van der Waals surface area contributed by atoms with Gasteiger partial charge in [-0.25, -0.2) is 0 Å². The Morgan fingerprint density at radius 2 is 1.40 bits per heavy atom. The summed E-state index contributed by atoms with van der Waals surface area (Å²) >= 11 is 5.34. The van der Waals surface area contributed by atoms with Crippen molar-refractivity contribution in [2.24, 2.45) is 0 Å². The summed E-state index contributed by atoms with van der Waals surface area (Å²) in [5.41, 5.74) is 0. The molecular formula is C2H9AlClP. The molecule has 0 aromatic carbocycles. The molecule has 0 aliphatic rings. The second-order valence-corrected chi connectivity index (χ2v) is 4.38. The minimum atomic E-state index is -0.148. The zero-order valence-electron chi connectivity index (χ0n) is 2.83. The maximum absolute atomic E-state index is 5.34. The van der Waals surface area contributed by atoms with Crippen LogP contribution in [0.2, 0.25) is 0 Å². The SMILES string of the molecule is CP(C)Cl.[AlH3]. The predicted molar refractivity (Wildman–Crippen MR) is 34.6 cm³/mol. The predicted octanol–water partition coefficient (Wildman–Crippen LogP) is 0.698. The molecule has 0 amide bonds. The number of hydrogen-bond acceptors (Lipinski definition) is 0. The maximum Gasteiger partial charge on any atom is 0.187 e. The molecule has 0 fully saturated rings. The topological polar surface area (TPSA) is 0 Å². The van der Waals surface area contributed by atoms with E-state index in [1.807, 2.05) is 13.3 Å². The summed E-state index contributed by atoms with van der Waals surface area (Å²) in [6.45, 7) is 3.99. The lowest BCUT2D eigenvalue weighted by Gasteiger charge is -1.77. The standard InChI is InChI=1S/C2H6ClP.Al.3H/c1-4(2)3;;;;/h1-2H3;;;;. The third kappa shape index (κ3) is 35.4. The van der Waals surface area contributed by atoms with Crippen molar-refractivity contribution in [3.05, 3.63) is 0 Å². The highest BCUT2D eigenvalue weighted by Gasteiger charge is 1.70. The molecule has 0 spiro atoms. The Labute approximate surface area is 49.6 Å². The van der Waals surface area contributed by atoms with Gasteiger partial charge in [0.25, 0.3) is 0 Å². The van der Waals surface area contributed by atoms with E-state index in [2.05, 4.69) is 0 Å². The molecule has 32 valence electrons. The molecule has 0 aromatic rings. The quantitative estimate of drug-likeness (QED) is 0.331. The Bertz CT molecular complexity index is 14.4. The van der Waals surface area contributed by atoms with Crippen molar-refractivity contribution in [1.29, 1.82) is 0 Å². The van der Waals surface area contributed by atoms with Crippen molar-refractivity contribution in [2.45, 2.75) is 0 Å². The van der Waals surface area contributed by atoms with Gasteiger partial charge >= 0.3 is 0 Å². The molecule has 0 nitrogen and oxygen atoms in total. The van der Waals surface area contributed by atoms with Crippen molar-refractivity contribution in [2.75, 3.05) is 13.3 Å². The van der Waals surface area contributed by atoms with Crippen LogP contribution in [0.15, 0.2) is 0 Å². The minimum absolute atomic E-state index is 0. The first-order valence-electron chi connectivity index (χ1n) is 1.06. The van der Waals surface area contributed by atoms with E-state index in [0.29, 0.717) is 0 Å². The lowest BCUT2D eigenvalue weighted by Crippen LogP contribution is -1.36. The zero-order valence-corrected chi connectivity index (χ0v) is 4.48. The van der Waals surface area contributed by atoms with Crippen LogP contribution in [0.5, 0.6) is 0 Å². The summed E-state index contributed by atoms with van der Waals surface area (Å²) in [5, 5.41) is 0. The summed E-state index contributed by atoms with van der Waals surface area (Å²) in [5.74, 6) is 0. The first-order chi connectivity index (χ1) is 1.73. The molecule has 0 rings (SSSR count). The molecule has 0 bridgehead atoms. The highest BCUT2D eigenvalue weighted by Crippen LogP contribution is 2.29. The Morgan fingerprint density at radius 1 is 1.40 bits per heavy atom. The average molecular weight is 127 g/mol. The minimum Gasteiger partial charge on any atom is -0.0970 e. The Balaban J connectivity index is 0. The number of hydrogen-bond donors (Lipinski definition) is 0. The summed E-state index contributed by atoms with van der Waals surface area (Å²) in [4.78, 5) is 0. The molecule has 0 radical (unpaired) electrons. The first-order valence-corrected chi connectivity index (χ1v) is 4.20. The van der Waals surface area contributed by atoms with E-state index in [4.69, 9.17) is 11.2 Å². The van der Waals surface area contributed by atoms with E-state index in [1.54, 1.807) is 0 Å². The van der Waals surface area contributed by atoms with Crippen LogP contribution in [0.4, 0.5) is 0 Å². The zero-order chi connectivity index (χ0) is 3.58. The molecule has 0 atom stereocenters. The van der Waals surface area contributed by atoms with E-state index in [-0.39, 0.29) is 24.6 Å². The van der Waals surface area contributed by atoms with Gasteiger partial charge < -0.3 is 0 Å². The molecule has 0 saturated carbocycles. The fourth-order valence-electron chi connectivity index (χ4n) is 0. The van der Waals surface area contributed by atoms with E-state index in [0.717, 1.165) is 0 Å². The summed E-state index contributed by atoms with van der Waals surface area (Å²) in [6.07, 6.45) is 0. The van der Waals surface area contributed by atoms with Gasteiger partial charge in [-0.3, -0.25) is 0 Å². The van der Waals surface area contributed by atoms with Gasteiger partial charge in [-0.1, -0.05) is 11.2 Å². The van der Waals surface area contributed by atoms with Crippen molar-refractivity contribution in [3.63, 3.8) is 0 Å². The van der Waals surface area contributed by atoms with Crippen molar-refractivity contribution in [1.82, 2.24) is 0 Å². The van der Waals surface area contributed by atoms with E-state index in [1.165, 1.54) is 0 Å². The van der Waals surface area contributed by atoms with Gasteiger partial charge in [0, 0.05) is 0 Å². The fourth-order valence-corrected chi connectivity index (χ4v) is 0. The van der Waals surface area contributed by atoms with Gasteiger partial charge in [0.15, 0.2) is 17.4 Å².